The van der Waals surface area contributed by atoms with Crippen LogP contribution in [0.4, 0.5) is 0 Å². The summed E-state index contributed by atoms with van der Waals surface area (Å²) in [6.45, 7) is 3.69. The molecule has 0 N–H and O–H groups in total. The highest BCUT2D eigenvalue weighted by Gasteiger charge is 2.05. The maximum absolute atomic E-state index is 5.82. The average molecular weight is 262 g/mol. The van der Waals surface area contributed by atoms with Crippen LogP contribution in [0.1, 0.15) is 5.56 Å². The first-order valence-corrected chi connectivity index (χ1v) is 7.67. The molecule has 0 aromatic carbocycles. The lowest BCUT2D eigenvalue weighted by Gasteiger charge is -1.88. The summed E-state index contributed by atoms with van der Waals surface area (Å²) >= 11 is 4.75. The quantitative estimate of drug-likeness (QED) is 0.580. The summed E-state index contributed by atoms with van der Waals surface area (Å²) in [5, 5.41) is 0. The molecule has 1 rings (SSSR count). The average Bonchev–Trinajstić information content (AvgIpc) is 2.33. The lowest BCUT2D eigenvalue weighted by molar-refractivity contribution is 1.30. The number of allylic oxidation sites excluding steroid dienone is 1. The Hall–Kier alpha value is 0.976. The first-order valence-electron chi connectivity index (χ1n) is 3.22. The minimum Gasteiger partial charge on any atom is -0.334 e. The molecule has 11 heavy (non-hydrogen) atoms. The van der Waals surface area contributed by atoms with E-state index in [2.05, 4.69) is 28.6 Å². The second-order valence-corrected chi connectivity index (χ2v) is 6.94. The second kappa shape index (κ2) is 4.87. The van der Waals surface area contributed by atoms with Gasteiger partial charge in [-0.1, -0.05) is 15.1 Å². The SMILES string of the molecule is C=CCc1c[c]([Mg][Cl])sc1Br. The molecule has 4 heteroatoms. The van der Waals surface area contributed by atoms with E-state index >= 15 is 0 Å². The van der Waals surface area contributed by atoms with E-state index in [0.717, 1.165) is 6.42 Å². The first kappa shape index (κ1) is 10.1. The van der Waals surface area contributed by atoms with Crippen molar-refractivity contribution in [2.45, 2.75) is 6.42 Å². The van der Waals surface area contributed by atoms with E-state index in [4.69, 9.17) is 9.07 Å². The number of rotatable bonds is 3. The van der Waals surface area contributed by atoms with Crippen LogP contribution < -0.4 is 3.01 Å². The van der Waals surface area contributed by atoms with Crippen LogP contribution in [-0.2, 0) is 6.42 Å². The van der Waals surface area contributed by atoms with Crippen LogP contribution in [0, 0.1) is 0 Å². The maximum atomic E-state index is 5.82. The first-order chi connectivity index (χ1) is 5.27. The van der Waals surface area contributed by atoms with Crippen molar-refractivity contribution >= 4 is 58.6 Å². The Kier molecular flexibility index (Phi) is 4.45. The van der Waals surface area contributed by atoms with Crippen LogP contribution in [0.2, 0.25) is 0 Å². The lowest BCUT2D eigenvalue weighted by atomic mass is 10.2. The highest BCUT2D eigenvalue weighted by Crippen LogP contribution is 2.22. The molecule has 0 fully saturated rings. The number of hydrogen-bond acceptors (Lipinski definition) is 1. The molecule has 0 aliphatic rings. The van der Waals surface area contributed by atoms with Crippen molar-refractivity contribution in [3.8, 4) is 0 Å². The van der Waals surface area contributed by atoms with Gasteiger partial charge in [0, 0.05) is 0 Å². The molecule has 1 aromatic heterocycles. The van der Waals surface area contributed by atoms with Crippen molar-refractivity contribution in [2.24, 2.45) is 0 Å². The summed E-state index contributed by atoms with van der Waals surface area (Å²) in [5.41, 5.74) is 1.31. The highest BCUT2D eigenvalue weighted by atomic mass is 79.9. The summed E-state index contributed by atoms with van der Waals surface area (Å²) in [6.07, 6.45) is 2.84. The van der Waals surface area contributed by atoms with E-state index in [0.29, 0.717) is 0 Å². The van der Waals surface area contributed by atoms with Gasteiger partial charge in [-0.05, 0) is 27.9 Å². The van der Waals surface area contributed by atoms with Gasteiger partial charge in [-0.3, -0.25) is 0 Å². The summed E-state index contributed by atoms with van der Waals surface area (Å²) in [6, 6.07) is 2.18. The Bertz CT molecular complexity index is 259. The molecule has 1 aromatic rings. The Labute approximate surface area is 92.3 Å². The van der Waals surface area contributed by atoms with E-state index in [1.165, 1.54) is 12.4 Å². The van der Waals surface area contributed by atoms with Crippen molar-refractivity contribution in [1.29, 1.82) is 0 Å². The maximum Gasteiger partial charge on any atom is 0.551 e. The van der Waals surface area contributed by atoms with Crippen molar-refractivity contribution in [2.75, 3.05) is 0 Å². The highest BCUT2D eigenvalue weighted by molar-refractivity contribution is 9.11. The zero-order valence-corrected chi connectivity index (χ0v) is 10.5. The zero-order chi connectivity index (χ0) is 8.27. The molecular formula is C7H6BrClMgS. The minimum absolute atomic E-state index is 0.500. The van der Waals surface area contributed by atoms with Crippen LogP contribution in [0.25, 0.3) is 0 Å². The summed E-state index contributed by atoms with van der Waals surface area (Å²) < 4.78 is 2.55. The predicted octanol–water partition coefficient (Wildman–Crippen LogP) is 2.72. The van der Waals surface area contributed by atoms with Crippen LogP contribution in [-0.4, -0.2) is 19.3 Å². The molecule has 0 bridgehead atoms. The fourth-order valence-electron chi connectivity index (χ4n) is 0.822. The van der Waals surface area contributed by atoms with Gasteiger partial charge in [-0.15, -0.1) is 6.58 Å². The normalized spacial score (nSPS) is 9.27. The van der Waals surface area contributed by atoms with Gasteiger partial charge in [-0.2, -0.15) is 11.3 Å². The van der Waals surface area contributed by atoms with E-state index in [9.17, 15) is 0 Å². The molecule has 1 heterocycles. The molecule has 0 aliphatic carbocycles. The summed E-state index contributed by atoms with van der Waals surface area (Å²) in [4.78, 5) is 0. The van der Waals surface area contributed by atoms with E-state index < -0.39 is 19.3 Å². The van der Waals surface area contributed by atoms with Crippen molar-refractivity contribution < 1.29 is 0 Å². The number of halogens is 2. The largest absolute Gasteiger partial charge is 0.551 e. The van der Waals surface area contributed by atoms with Gasteiger partial charge in [0.1, 0.15) is 0 Å². The van der Waals surface area contributed by atoms with Crippen molar-refractivity contribution in [1.82, 2.24) is 0 Å². The molecule has 0 aliphatic heterocycles. The van der Waals surface area contributed by atoms with Crippen LogP contribution >= 0.6 is 36.3 Å². The Morgan fingerprint density at radius 1 is 1.82 bits per heavy atom. The van der Waals surface area contributed by atoms with Gasteiger partial charge in [0.2, 0.25) is 0 Å². The molecule has 0 radical (unpaired) electrons. The van der Waals surface area contributed by atoms with Gasteiger partial charge in [-0.25, -0.2) is 0 Å². The summed E-state index contributed by atoms with van der Waals surface area (Å²) in [7, 11) is 5.82. The van der Waals surface area contributed by atoms with Crippen molar-refractivity contribution in [3.05, 3.63) is 28.1 Å². The van der Waals surface area contributed by atoms with Gasteiger partial charge in [0.05, 0.1) is 3.79 Å². The third-order valence-electron chi connectivity index (χ3n) is 1.30. The molecule has 0 saturated carbocycles. The third kappa shape index (κ3) is 2.74. The van der Waals surface area contributed by atoms with Crippen LogP contribution in [0.5, 0.6) is 0 Å². The molecule has 0 saturated heterocycles. The molecule has 0 amide bonds. The number of thiophene rings is 1. The van der Waals surface area contributed by atoms with Gasteiger partial charge >= 0.3 is 19.3 Å². The molecular weight excluding hydrogens is 256 g/mol. The Morgan fingerprint density at radius 3 is 3.00 bits per heavy atom. The fraction of sp³-hybridized carbons (Fsp3) is 0.143. The van der Waals surface area contributed by atoms with Gasteiger partial charge < -0.3 is 9.07 Å². The topological polar surface area (TPSA) is 0 Å². The zero-order valence-electron chi connectivity index (χ0n) is 5.94. The van der Waals surface area contributed by atoms with Gasteiger partial charge in [0.25, 0.3) is 0 Å². The molecule has 0 unspecified atom stereocenters. The van der Waals surface area contributed by atoms with Crippen molar-refractivity contribution in [3.63, 3.8) is 0 Å². The van der Waals surface area contributed by atoms with E-state index in [1.807, 2.05) is 6.08 Å². The second-order valence-electron chi connectivity index (χ2n) is 2.14. The monoisotopic (exact) mass is 260 g/mol. The Balaban J connectivity index is 2.87. The van der Waals surface area contributed by atoms with E-state index in [-0.39, 0.29) is 0 Å². The number of hydrogen-bond donors (Lipinski definition) is 0. The van der Waals surface area contributed by atoms with E-state index in [1.54, 1.807) is 11.3 Å². The Morgan fingerprint density at radius 2 is 2.55 bits per heavy atom. The standard InChI is InChI=1S/C7H6BrS.ClH.Mg/c1-2-3-6-4-5-9-7(6)8;;/h2,4H,1,3H2;1H;/q;;+1/p-1. The third-order valence-corrected chi connectivity index (χ3v) is 5.79. The fourth-order valence-corrected chi connectivity index (χ4v) is 4.76. The predicted molar refractivity (Wildman–Crippen MR) is 57.2 cm³/mol. The summed E-state index contributed by atoms with van der Waals surface area (Å²) in [5.74, 6) is 0. The minimum atomic E-state index is -0.500. The van der Waals surface area contributed by atoms with Gasteiger partial charge in [0.15, 0.2) is 0 Å². The molecule has 0 atom stereocenters. The van der Waals surface area contributed by atoms with Crippen LogP contribution in [0.15, 0.2) is 22.5 Å². The van der Waals surface area contributed by atoms with Crippen LogP contribution in [0.3, 0.4) is 0 Å². The smallest absolute Gasteiger partial charge is 0.334 e. The molecule has 56 valence electrons. The molecule has 0 spiro atoms. The molecule has 0 nitrogen and oxygen atoms in total. The lowest BCUT2D eigenvalue weighted by Crippen LogP contribution is -2.00.